The quantitative estimate of drug-likeness (QED) is 0.503. The molecule has 0 aliphatic carbocycles. The molecule has 0 radical (unpaired) electrons. The van der Waals surface area contributed by atoms with Gasteiger partial charge in [0, 0.05) is 5.57 Å². The summed E-state index contributed by atoms with van der Waals surface area (Å²) in [5.41, 5.74) is 3.61. The van der Waals surface area contributed by atoms with Crippen molar-refractivity contribution in [2.75, 3.05) is 0 Å². The molecule has 0 fully saturated rings. The summed E-state index contributed by atoms with van der Waals surface area (Å²) in [6, 6.07) is 8.66. The van der Waals surface area contributed by atoms with Gasteiger partial charge in [-0.3, -0.25) is 0 Å². The van der Waals surface area contributed by atoms with Crippen molar-refractivity contribution in [2.24, 2.45) is 5.73 Å². The summed E-state index contributed by atoms with van der Waals surface area (Å²) in [4.78, 5) is -0.454. The molecule has 0 atom stereocenters. The molecule has 0 aliphatic rings. The van der Waals surface area contributed by atoms with E-state index in [0.29, 0.717) is 0 Å². The number of rotatable bonds is 2. The van der Waals surface area contributed by atoms with Gasteiger partial charge in [0.05, 0.1) is 0 Å². The normalized spacial score (nSPS) is 12.6. The second kappa shape index (κ2) is 4.97. The lowest BCUT2D eigenvalue weighted by Gasteiger charge is -2.11. The zero-order valence-corrected chi connectivity index (χ0v) is 9.27. The Labute approximate surface area is 101 Å². The summed E-state index contributed by atoms with van der Waals surface area (Å²) < 4.78 is 37.9. The van der Waals surface area contributed by atoms with E-state index >= 15 is 0 Å². The zero-order chi connectivity index (χ0) is 13.1. The summed E-state index contributed by atoms with van der Waals surface area (Å²) in [5, 5.41) is 8.60. The third-order valence-corrected chi connectivity index (χ3v) is 2.16. The van der Waals surface area contributed by atoms with Crippen LogP contribution < -0.4 is 5.73 Å². The summed E-state index contributed by atoms with van der Waals surface area (Å²) in [6.07, 6.45) is -4.77. The van der Waals surface area contributed by atoms with E-state index in [-0.39, 0.29) is 5.56 Å². The molecule has 0 heterocycles. The highest BCUT2D eigenvalue weighted by Crippen LogP contribution is 2.32. The Balaban J connectivity index is 3.52. The van der Waals surface area contributed by atoms with E-state index in [9.17, 15) is 13.2 Å². The van der Waals surface area contributed by atoms with Gasteiger partial charge in [-0.05, 0) is 5.56 Å². The van der Waals surface area contributed by atoms with Crippen LogP contribution >= 0.6 is 12.2 Å². The highest BCUT2D eigenvalue weighted by Gasteiger charge is 2.37. The molecule has 0 aliphatic heterocycles. The van der Waals surface area contributed by atoms with E-state index in [2.05, 4.69) is 12.2 Å². The van der Waals surface area contributed by atoms with Crippen molar-refractivity contribution < 1.29 is 13.2 Å². The van der Waals surface area contributed by atoms with E-state index in [4.69, 9.17) is 11.0 Å². The van der Waals surface area contributed by atoms with Gasteiger partial charge in [-0.15, -0.1) is 0 Å². The summed E-state index contributed by atoms with van der Waals surface area (Å²) in [6.45, 7) is 0. The Hall–Kier alpha value is -1.87. The number of nitriles is 1. The number of thiocarbonyl (C=S) groups is 1. The molecule has 0 saturated heterocycles. The largest absolute Gasteiger partial charge is 0.426 e. The molecule has 1 aromatic rings. The molecule has 17 heavy (non-hydrogen) atoms. The number of hydrogen-bond acceptors (Lipinski definition) is 2. The van der Waals surface area contributed by atoms with E-state index < -0.39 is 22.3 Å². The smallest absolute Gasteiger partial charge is 0.389 e. The first-order valence-electron chi connectivity index (χ1n) is 4.44. The lowest BCUT2D eigenvalue weighted by atomic mass is 10.00. The van der Waals surface area contributed by atoms with Crippen LogP contribution in [-0.4, -0.2) is 11.2 Å². The van der Waals surface area contributed by atoms with Gasteiger partial charge in [0.2, 0.25) is 0 Å². The second-order valence-electron chi connectivity index (χ2n) is 3.09. The van der Waals surface area contributed by atoms with Crippen LogP contribution in [0.4, 0.5) is 13.2 Å². The lowest BCUT2D eigenvalue weighted by Crippen LogP contribution is -2.19. The molecule has 0 aromatic heterocycles. The second-order valence-corrected chi connectivity index (χ2v) is 3.53. The maximum absolute atomic E-state index is 12.6. The molecule has 0 amide bonds. The third kappa shape index (κ3) is 3.04. The van der Waals surface area contributed by atoms with E-state index in [1.165, 1.54) is 12.1 Å². The number of nitrogens with two attached hydrogens (primary N) is 1. The highest BCUT2D eigenvalue weighted by molar-refractivity contribution is 7.81. The average Bonchev–Trinajstić information content (AvgIpc) is 2.24. The van der Waals surface area contributed by atoms with Gasteiger partial charge in [0.15, 0.2) is 0 Å². The topological polar surface area (TPSA) is 49.8 Å². The molecule has 1 aromatic carbocycles. The van der Waals surface area contributed by atoms with Crippen molar-refractivity contribution in [2.45, 2.75) is 6.18 Å². The SMILES string of the molecule is N#C/C(=C(/C(N)=S)c1ccccc1)C(F)(F)F. The van der Waals surface area contributed by atoms with E-state index in [1.54, 1.807) is 18.2 Å². The molecule has 0 bridgehead atoms. The number of alkyl halides is 3. The van der Waals surface area contributed by atoms with E-state index in [0.717, 1.165) is 6.07 Å². The van der Waals surface area contributed by atoms with Crippen molar-refractivity contribution in [1.82, 2.24) is 0 Å². The minimum Gasteiger partial charge on any atom is -0.389 e. The summed E-state index contributed by atoms with van der Waals surface area (Å²) >= 11 is 4.58. The van der Waals surface area contributed by atoms with Crippen molar-refractivity contribution in [3.63, 3.8) is 0 Å². The van der Waals surface area contributed by atoms with Gasteiger partial charge in [-0.25, -0.2) is 0 Å². The Morgan fingerprint density at radius 1 is 1.24 bits per heavy atom. The fourth-order valence-corrected chi connectivity index (χ4v) is 1.50. The first-order chi connectivity index (χ1) is 7.88. The first kappa shape index (κ1) is 13.2. The first-order valence-corrected chi connectivity index (χ1v) is 4.85. The average molecular weight is 256 g/mol. The number of halogens is 3. The van der Waals surface area contributed by atoms with Crippen molar-refractivity contribution in [1.29, 1.82) is 5.26 Å². The Bertz CT molecular complexity index is 498. The van der Waals surface area contributed by atoms with Gasteiger partial charge in [0.1, 0.15) is 16.6 Å². The predicted molar refractivity (Wildman–Crippen MR) is 61.8 cm³/mol. The highest BCUT2D eigenvalue weighted by atomic mass is 32.1. The molecule has 1 rings (SSSR count). The maximum atomic E-state index is 12.6. The van der Waals surface area contributed by atoms with Crippen LogP contribution in [0.3, 0.4) is 0 Å². The van der Waals surface area contributed by atoms with E-state index in [1.807, 2.05) is 0 Å². The molecular weight excluding hydrogens is 249 g/mol. The molecule has 0 unspecified atom stereocenters. The van der Waals surface area contributed by atoms with Crippen LogP contribution in [0.15, 0.2) is 35.9 Å². The molecule has 0 spiro atoms. The van der Waals surface area contributed by atoms with Gasteiger partial charge < -0.3 is 5.73 Å². The van der Waals surface area contributed by atoms with Crippen LogP contribution in [-0.2, 0) is 0 Å². The Morgan fingerprint density at radius 3 is 2.12 bits per heavy atom. The van der Waals surface area contributed by atoms with Gasteiger partial charge in [0.25, 0.3) is 0 Å². The van der Waals surface area contributed by atoms with Crippen molar-refractivity contribution in [3.05, 3.63) is 41.5 Å². The standard InChI is InChI=1S/C11H7F3N2S/c12-11(13,14)8(6-15)9(10(16)17)7-4-2-1-3-5-7/h1-5H,(H2,16,17)/b9-8-. The van der Waals surface area contributed by atoms with Crippen LogP contribution in [0.1, 0.15) is 5.56 Å². The van der Waals surface area contributed by atoms with Gasteiger partial charge >= 0.3 is 6.18 Å². The fourth-order valence-electron chi connectivity index (χ4n) is 1.28. The monoisotopic (exact) mass is 256 g/mol. The third-order valence-electron chi connectivity index (χ3n) is 1.95. The Morgan fingerprint density at radius 2 is 1.76 bits per heavy atom. The van der Waals surface area contributed by atoms with Gasteiger partial charge in [-0.2, -0.15) is 18.4 Å². The van der Waals surface area contributed by atoms with Crippen LogP contribution in [0.5, 0.6) is 0 Å². The fraction of sp³-hybridized carbons (Fsp3) is 0.0909. The molecular formula is C11H7F3N2S. The molecule has 6 heteroatoms. The molecule has 88 valence electrons. The van der Waals surface area contributed by atoms with Crippen LogP contribution in [0.25, 0.3) is 5.57 Å². The zero-order valence-electron chi connectivity index (χ0n) is 8.45. The lowest BCUT2D eigenvalue weighted by molar-refractivity contribution is -0.0866. The maximum Gasteiger partial charge on any atom is 0.426 e. The summed E-state index contributed by atoms with van der Waals surface area (Å²) in [5.74, 6) is 0. The molecule has 2 N–H and O–H groups in total. The van der Waals surface area contributed by atoms with Crippen molar-refractivity contribution >= 4 is 22.8 Å². The minimum absolute atomic E-state index is 0.175. The van der Waals surface area contributed by atoms with Crippen molar-refractivity contribution in [3.8, 4) is 6.07 Å². The van der Waals surface area contributed by atoms with Crippen LogP contribution in [0, 0.1) is 11.3 Å². The molecule has 0 saturated carbocycles. The van der Waals surface area contributed by atoms with Crippen LogP contribution in [0.2, 0.25) is 0 Å². The number of nitrogens with zero attached hydrogens (tertiary/aromatic N) is 1. The number of hydrogen-bond donors (Lipinski definition) is 1. The predicted octanol–water partition coefficient (Wildman–Crippen LogP) is 2.81. The number of allylic oxidation sites excluding steroid dienone is 1. The number of benzene rings is 1. The summed E-state index contributed by atoms with van der Waals surface area (Å²) in [7, 11) is 0. The Kier molecular flexibility index (Phi) is 3.86. The molecule has 2 nitrogen and oxygen atoms in total. The minimum atomic E-state index is -4.77. The van der Waals surface area contributed by atoms with Gasteiger partial charge in [-0.1, -0.05) is 42.5 Å².